The van der Waals surface area contributed by atoms with Crippen LogP contribution in [-0.2, 0) is 14.5 Å². The Morgan fingerprint density at radius 2 is 2.00 bits per heavy atom. The van der Waals surface area contributed by atoms with Gasteiger partial charge in [-0.15, -0.1) is 0 Å². The highest BCUT2D eigenvalue weighted by molar-refractivity contribution is 5.18. The van der Waals surface area contributed by atoms with Crippen molar-refractivity contribution < 1.29 is 14.5 Å². The molecule has 0 radical (unpaired) electrons. The molecule has 2 aliphatic rings. The molecule has 2 saturated heterocycles. The molecule has 16 heavy (non-hydrogen) atoms. The largest absolute Gasteiger partial charge is 0.349 e. The van der Waals surface area contributed by atoms with Crippen LogP contribution in [0.15, 0.2) is 30.3 Å². The molecule has 0 amide bonds. The molecular formula is C13H16O3. The zero-order valence-corrected chi connectivity index (χ0v) is 9.39. The summed E-state index contributed by atoms with van der Waals surface area (Å²) in [5.74, 6) is 0. The Kier molecular flexibility index (Phi) is 2.46. The molecule has 3 atom stereocenters. The van der Waals surface area contributed by atoms with Crippen molar-refractivity contribution in [3.63, 3.8) is 0 Å². The van der Waals surface area contributed by atoms with E-state index in [1.807, 2.05) is 18.2 Å². The summed E-state index contributed by atoms with van der Waals surface area (Å²) in [4.78, 5) is 10.8. The molecule has 2 fully saturated rings. The Morgan fingerprint density at radius 1 is 1.19 bits per heavy atom. The van der Waals surface area contributed by atoms with Gasteiger partial charge in [0.1, 0.15) is 6.10 Å². The molecule has 0 N–H and O–H groups in total. The molecule has 0 spiro atoms. The molecule has 3 rings (SSSR count). The summed E-state index contributed by atoms with van der Waals surface area (Å²) < 4.78 is 5.50. The predicted molar refractivity (Wildman–Crippen MR) is 58.4 cm³/mol. The van der Waals surface area contributed by atoms with Crippen LogP contribution in [-0.4, -0.2) is 12.9 Å². The van der Waals surface area contributed by atoms with E-state index in [1.165, 1.54) is 5.56 Å². The fraction of sp³-hybridized carbons (Fsp3) is 0.538. The number of fused-ring (bicyclic) bond motifs is 1. The zero-order valence-electron chi connectivity index (χ0n) is 9.39. The van der Waals surface area contributed by atoms with Crippen LogP contribution in [0, 0.1) is 5.41 Å². The SMILES string of the molecule is C[C@@]12CCO[C@@H]1OO[C@H](c1ccccc1)C2. The van der Waals surface area contributed by atoms with Crippen LogP contribution in [0.25, 0.3) is 0 Å². The quantitative estimate of drug-likeness (QED) is 0.681. The number of rotatable bonds is 1. The van der Waals surface area contributed by atoms with E-state index in [9.17, 15) is 0 Å². The molecular weight excluding hydrogens is 204 g/mol. The van der Waals surface area contributed by atoms with E-state index in [0.717, 1.165) is 19.4 Å². The minimum absolute atomic E-state index is 0.0316. The summed E-state index contributed by atoms with van der Waals surface area (Å²) in [6, 6.07) is 10.2. The van der Waals surface area contributed by atoms with Gasteiger partial charge >= 0.3 is 0 Å². The summed E-state index contributed by atoms with van der Waals surface area (Å²) in [6.45, 7) is 2.98. The van der Waals surface area contributed by atoms with Crippen molar-refractivity contribution in [2.45, 2.75) is 32.2 Å². The lowest BCUT2D eigenvalue weighted by Gasteiger charge is -2.37. The highest BCUT2D eigenvalue weighted by Crippen LogP contribution is 2.47. The van der Waals surface area contributed by atoms with E-state index in [-0.39, 0.29) is 17.8 Å². The lowest BCUT2D eigenvalue weighted by atomic mass is 9.80. The molecule has 0 unspecified atom stereocenters. The van der Waals surface area contributed by atoms with Crippen molar-refractivity contribution in [3.05, 3.63) is 35.9 Å². The first kappa shape index (κ1) is 10.3. The number of hydrogen-bond acceptors (Lipinski definition) is 3. The van der Waals surface area contributed by atoms with E-state index in [1.54, 1.807) is 0 Å². The normalized spacial score (nSPS) is 38.3. The maximum atomic E-state index is 5.50. The topological polar surface area (TPSA) is 27.7 Å². The molecule has 2 heterocycles. The summed E-state index contributed by atoms with van der Waals surface area (Å²) in [6.07, 6.45) is 1.85. The van der Waals surface area contributed by atoms with Gasteiger partial charge < -0.3 is 4.74 Å². The third-order valence-electron chi connectivity index (χ3n) is 3.59. The molecule has 3 nitrogen and oxygen atoms in total. The van der Waals surface area contributed by atoms with Gasteiger partial charge in [-0.25, -0.2) is 9.78 Å². The van der Waals surface area contributed by atoms with E-state index in [2.05, 4.69) is 19.1 Å². The molecule has 2 aliphatic heterocycles. The van der Waals surface area contributed by atoms with Crippen LogP contribution < -0.4 is 0 Å². The molecule has 1 aromatic carbocycles. The van der Waals surface area contributed by atoms with E-state index in [4.69, 9.17) is 14.5 Å². The first-order chi connectivity index (χ1) is 7.78. The maximum absolute atomic E-state index is 5.50. The highest BCUT2D eigenvalue weighted by Gasteiger charge is 2.47. The summed E-state index contributed by atoms with van der Waals surface area (Å²) in [7, 11) is 0. The first-order valence-electron chi connectivity index (χ1n) is 5.77. The third-order valence-corrected chi connectivity index (χ3v) is 3.59. The van der Waals surface area contributed by atoms with Gasteiger partial charge in [0, 0.05) is 5.41 Å². The second-order valence-electron chi connectivity index (χ2n) is 4.90. The molecule has 0 aliphatic carbocycles. The molecule has 86 valence electrons. The number of hydrogen-bond donors (Lipinski definition) is 0. The van der Waals surface area contributed by atoms with Gasteiger partial charge in [0.25, 0.3) is 0 Å². The lowest BCUT2D eigenvalue weighted by Crippen LogP contribution is -2.37. The molecule has 3 heteroatoms. The first-order valence-corrected chi connectivity index (χ1v) is 5.77. The van der Waals surface area contributed by atoms with E-state index >= 15 is 0 Å². The Hall–Kier alpha value is -0.900. The smallest absolute Gasteiger partial charge is 0.196 e. The van der Waals surface area contributed by atoms with Crippen LogP contribution in [0.1, 0.15) is 31.4 Å². The average Bonchev–Trinajstić information content (AvgIpc) is 2.70. The summed E-state index contributed by atoms with van der Waals surface area (Å²) >= 11 is 0. The van der Waals surface area contributed by atoms with Crippen molar-refractivity contribution in [2.75, 3.05) is 6.61 Å². The van der Waals surface area contributed by atoms with Gasteiger partial charge in [0.15, 0.2) is 6.29 Å². The second kappa shape index (κ2) is 3.84. The van der Waals surface area contributed by atoms with Gasteiger partial charge in [0.2, 0.25) is 0 Å². The van der Waals surface area contributed by atoms with Crippen molar-refractivity contribution in [3.8, 4) is 0 Å². The predicted octanol–water partition coefficient (Wildman–Crippen LogP) is 2.83. The summed E-state index contributed by atoms with van der Waals surface area (Å²) in [5.41, 5.74) is 1.27. The van der Waals surface area contributed by atoms with E-state index < -0.39 is 0 Å². The van der Waals surface area contributed by atoms with Gasteiger partial charge in [-0.2, -0.15) is 0 Å². The maximum Gasteiger partial charge on any atom is 0.196 e. The minimum atomic E-state index is -0.188. The van der Waals surface area contributed by atoms with Crippen LogP contribution in [0.3, 0.4) is 0 Å². The van der Waals surface area contributed by atoms with Gasteiger partial charge in [-0.1, -0.05) is 37.3 Å². The molecule has 0 aromatic heterocycles. The zero-order chi connectivity index (χ0) is 11.0. The van der Waals surface area contributed by atoms with Gasteiger partial charge in [0.05, 0.1) is 6.61 Å². The van der Waals surface area contributed by atoms with E-state index in [0.29, 0.717) is 0 Å². The number of benzene rings is 1. The Balaban J connectivity index is 1.80. The fourth-order valence-corrected chi connectivity index (χ4v) is 2.48. The van der Waals surface area contributed by atoms with Gasteiger partial charge in [-0.05, 0) is 18.4 Å². The van der Waals surface area contributed by atoms with Crippen LogP contribution in [0.4, 0.5) is 0 Å². The molecule has 0 bridgehead atoms. The monoisotopic (exact) mass is 220 g/mol. The van der Waals surface area contributed by atoms with Crippen molar-refractivity contribution >= 4 is 0 Å². The van der Waals surface area contributed by atoms with Gasteiger partial charge in [-0.3, -0.25) is 0 Å². The Bertz CT molecular complexity index is 365. The molecule has 0 saturated carbocycles. The standard InChI is InChI=1S/C13H16O3/c1-13-7-8-14-12(13)16-15-11(9-13)10-5-3-2-4-6-10/h2-6,11-12H,7-9H2,1H3/t11-,12+,13-/m0/s1. The minimum Gasteiger partial charge on any atom is -0.349 e. The fourth-order valence-electron chi connectivity index (χ4n) is 2.48. The van der Waals surface area contributed by atoms with Crippen LogP contribution in [0.2, 0.25) is 0 Å². The highest BCUT2D eigenvalue weighted by atomic mass is 17.2. The van der Waals surface area contributed by atoms with Crippen molar-refractivity contribution in [2.24, 2.45) is 5.41 Å². The average molecular weight is 220 g/mol. The second-order valence-corrected chi connectivity index (χ2v) is 4.90. The van der Waals surface area contributed by atoms with Crippen molar-refractivity contribution in [1.82, 2.24) is 0 Å². The lowest BCUT2D eigenvalue weighted by molar-refractivity contribution is -0.439. The number of ether oxygens (including phenoxy) is 1. The summed E-state index contributed by atoms with van der Waals surface area (Å²) in [5, 5.41) is 0. The van der Waals surface area contributed by atoms with Crippen molar-refractivity contribution in [1.29, 1.82) is 0 Å². The molecule has 1 aromatic rings. The van der Waals surface area contributed by atoms with Crippen LogP contribution >= 0.6 is 0 Å². The Labute approximate surface area is 95.2 Å². The third kappa shape index (κ3) is 1.65. The Morgan fingerprint density at radius 3 is 2.81 bits per heavy atom. The van der Waals surface area contributed by atoms with Crippen LogP contribution in [0.5, 0.6) is 0 Å².